The molecule has 7 heteroatoms. The molecule has 0 bridgehead atoms. The molecule has 0 saturated carbocycles. The number of nitrogen functional groups attached to an aromatic ring is 1. The Bertz CT molecular complexity index is 959. The van der Waals surface area contributed by atoms with Crippen LogP contribution < -0.4 is 10.5 Å². The van der Waals surface area contributed by atoms with Crippen LogP contribution in [0.4, 0.5) is 11.4 Å². The highest BCUT2D eigenvalue weighted by atomic mass is 16.6. The quantitative estimate of drug-likeness (QED) is 0.0776. The number of carbonyl (C=O) groups excluding carboxylic acids is 1. The van der Waals surface area contributed by atoms with Crippen LogP contribution in [-0.4, -0.2) is 23.6 Å². The maximum atomic E-state index is 12.3. The molecule has 0 aliphatic rings. The molecule has 0 fully saturated rings. The maximum absolute atomic E-state index is 12.3. The normalized spacial score (nSPS) is 11.8. The van der Waals surface area contributed by atoms with Gasteiger partial charge in [0.25, 0.3) is 0 Å². The van der Waals surface area contributed by atoms with Gasteiger partial charge in [-0.05, 0) is 43.9 Å². The van der Waals surface area contributed by atoms with E-state index in [1.807, 2.05) is 6.92 Å². The molecule has 0 saturated heterocycles. The number of nitro benzene ring substituents is 1. The van der Waals surface area contributed by atoms with Gasteiger partial charge in [-0.15, -0.1) is 0 Å². The summed E-state index contributed by atoms with van der Waals surface area (Å²) in [6, 6.07) is 9.75. The highest BCUT2D eigenvalue weighted by molar-refractivity contribution is 5.90. The van der Waals surface area contributed by atoms with E-state index in [9.17, 15) is 14.9 Å². The van der Waals surface area contributed by atoms with Crippen molar-refractivity contribution in [2.24, 2.45) is 0 Å². The van der Waals surface area contributed by atoms with Crippen molar-refractivity contribution in [3.63, 3.8) is 0 Å². The average Bonchev–Trinajstić information content (AvgIpc) is 2.86. The summed E-state index contributed by atoms with van der Waals surface area (Å²) in [6.45, 7) is 6.67. The molecule has 2 aromatic rings. The standard InChI is InChI=1S/C29H42N2O5/c1-4-6-8-10-11-13-19-35-29(32)24-17-15-23(16-18-24)25-20-27(31(33)34)28(21-26(25)30)36-22(3)14-12-9-7-5-2/h15-18,20-22H,4-14,19,30H2,1-3H3/t22-/m0/s1. The third-order valence-electron chi connectivity index (χ3n) is 6.28. The summed E-state index contributed by atoms with van der Waals surface area (Å²) in [6.07, 6.45) is 11.9. The average molecular weight is 499 g/mol. The van der Waals surface area contributed by atoms with E-state index in [0.29, 0.717) is 29.0 Å². The van der Waals surface area contributed by atoms with Gasteiger partial charge in [0.2, 0.25) is 0 Å². The number of hydrogen-bond acceptors (Lipinski definition) is 6. The molecule has 0 aromatic heterocycles. The second kappa shape index (κ2) is 15.8. The summed E-state index contributed by atoms with van der Waals surface area (Å²) in [7, 11) is 0. The van der Waals surface area contributed by atoms with E-state index in [2.05, 4.69) is 13.8 Å². The largest absolute Gasteiger partial charge is 0.484 e. The van der Waals surface area contributed by atoms with Gasteiger partial charge in [-0.25, -0.2) is 4.79 Å². The first-order valence-corrected chi connectivity index (χ1v) is 13.4. The highest BCUT2D eigenvalue weighted by Gasteiger charge is 2.21. The number of nitrogens with zero attached hydrogens (tertiary/aromatic N) is 1. The second-order valence-corrected chi connectivity index (χ2v) is 9.42. The van der Waals surface area contributed by atoms with Gasteiger partial charge in [-0.1, -0.05) is 77.3 Å². The lowest BCUT2D eigenvalue weighted by Crippen LogP contribution is -2.13. The Kier molecular flexibility index (Phi) is 12.8. The van der Waals surface area contributed by atoms with Crippen LogP contribution in [0.25, 0.3) is 11.1 Å². The van der Waals surface area contributed by atoms with E-state index in [1.165, 1.54) is 37.8 Å². The van der Waals surface area contributed by atoms with E-state index in [4.69, 9.17) is 15.2 Å². The van der Waals surface area contributed by atoms with Crippen molar-refractivity contribution in [1.82, 2.24) is 0 Å². The summed E-state index contributed by atoms with van der Waals surface area (Å²) in [5.74, 6) is -0.190. The molecule has 7 nitrogen and oxygen atoms in total. The number of anilines is 1. The van der Waals surface area contributed by atoms with Crippen LogP contribution in [0.3, 0.4) is 0 Å². The fourth-order valence-corrected chi connectivity index (χ4v) is 4.12. The molecule has 1 atom stereocenters. The fraction of sp³-hybridized carbons (Fsp3) is 0.552. The molecule has 2 aromatic carbocycles. The number of nitro groups is 1. The SMILES string of the molecule is CCCCCCCCOC(=O)c1ccc(-c2cc([N+](=O)[O-])c(O[C@@H](C)CCCCCC)cc2N)cc1. The van der Waals surface area contributed by atoms with E-state index in [-0.39, 0.29) is 23.5 Å². The third kappa shape index (κ3) is 9.51. The molecule has 0 heterocycles. The minimum Gasteiger partial charge on any atom is -0.484 e. The van der Waals surface area contributed by atoms with E-state index < -0.39 is 4.92 Å². The molecule has 36 heavy (non-hydrogen) atoms. The molecule has 198 valence electrons. The Hall–Kier alpha value is -3.09. The van der Waals surface area contributed by atoms with Crippen LogP contribution in [0, 0.1) is 10.1 Å². The number of esters is 1. The Morgan fingerprint density at radius 2 is 1.56 bits per heavy atom. The second-order valence-electron chi connectivity index (χ2n) is 9.42. The molecule has 0 spiro atoms. The zero-order valence-corrected chi connectivity index (χ0v) is 22.1. The Balaban J connectivity index is 2.02. The van der Waals surface area contributed by atoms with Crippen LogP contribution in [0.5, 0.6) is 5.75 Å². The number of unbranched alkanes of at least 4 members (excludes halogenated alkanes) is 8. The van der Waals surface area contributed by atoms with Crippen LogP contribution in [-0.2, 0) is 4.74 Å². The van der Waals surface area contributed by atoms with Gasteiger partial charge in [0.1, 0.15) is 0 Å². The van der Waals surface area contributed by atoms with Gasteiger partial charge in [0, 0.05) is 23.4 Å². The predicted octanol–water partition coefficient (Wildman–Crippen LogP) is 8.10. The minimum atomic E-state index is -0.448. The molecule has 0 unspecified atom stereocenters. The number of hydrogen-bond donors (Lipinski definition) is 1. The molecule has 0 amide bonds. The van der Waals surface area contributed by atoms with E-state index in [0.717, 1.165) is 44.9 Å². The van der Waals surface area contributed by atoms with Gasteiger partial charge in [-0.3, -0.25) is 10.1 Å². The summed E-state index contributed by atoms with van der Waals surface area (Å²) < 4.78 is 11.3. The molecule has 0 radical (unpaired) electrons. The Morgan fingerprint density at radius 3 is 2.19 bits per heavy atom. The third-order valence-corrected chi connectivity index (χ3v) is 6.28. The maximum Gasteiger partial charge on any atom is 0.338 e. The number of ether oxygens (including phenoxy) is 2. The molecule has 2 N–H and O–H groups in total. The van der Waals surface area contributed by atoms with Crippen molar-refractivity contribution in [1.29, 1.82) is 0 Å². The van der Waals surface area contributed by atoms with Crippen molar-refractivity contribution in [2.75, 3.05) is 12.3 Å². The van der Waals surface area contributed by atoms with Crippen LogP contribution in [0.1, 0.15) is 102 Å². The predicted molar refractivity (Wildman–Crippen MR) is 145 cm³/mol. The zero-order valence-electron chi connectivity index (χ0n) is 22.1. The van der Waals surface area contributed by atoms with E-state index in [1.54, 1.807) is 24.3 Å². The first kappa shape index (κ1) is 29.1. The lowest BCUT2D eigenvalue weighted by atomic mass is 10.0. The first-order chi connectivity index (χ1) is 17.4. The lowest BCUT2D eigenvalue weighted by molar-refractivity contribution is -0.386. The van der Waals surface area contributed by atoms with Crippen molar-refractivity contribution in [3.8, 4) is 16.9 Å². The number of benzene rings is 2. The Morgan fingerprint density at radius 1 is 0.944 bits per heavy atom. The summed E-state index contributed by atoms with van der Waals surface area (Å²) >= 11 is 0. The van der Waals surface area contributed by atoms with Crippen LogP contribution >= 0.6 is 0 Å². The van der Waals surface area contributed by atoms with Gasteiger partial charge in [0.05, 0.1) is 23.2 Å². The summed E-state index contributed by atoms with van der Waals surface area (Å²) in [5.41, 5.74) is 8.17. The smallest absolute Gasteiger partial charge is 0.338 e. The fourth-order valence-electron chi connectivity index (χ4n) is 4.12. The van der Waals surface area contributed by atoms with Gasteiger partial charge in [0.15, 0.2) is 5.75 Å². The summed E-state index contributed by atoms with van der Waals surface area (Å²) in [5, 5.41) is 11.8. The van der Waals surface area contributed by atoms with Crippen LogP contribution in [0.2, 0.25) is 0 Å². The van der Waals surface area contributed by atoms with Crippen molar-refractivity contribution in [3.05, 3.63) is 52.1 Å². The van der Waals surface area contributed by atoms with Crippen molar-refractivity contribution >= 4 is 17.3 Å². The molecule has 2 rings (SSSR count). The minimum absolute atomic E-state index is 0.123. The highest BCUT2D eigenvalue weighted by Crippen LogP contribution is 2.38. The molecule has 0 aliphatic carbocycles. The van der Waals surface area contributed by atoms with Gasteiger partial charge < -0.3 is 15.2 Å². The zero-order chi connectivity index (χ0) is 26.3. The molecular formula is C29H42N2O5. The van der Waals surface area contributed by atoms with Gasteiger partial charge in [-0.2, -0.15) is 0 Å². The number of carbonyl (C=O) groups is 1. The first-order valence-electron chi connectivity index (χ1n) is 13.4. The molecule has 0 aliphatic heterocycles. The number of rotatable bonds is 17. The van der Waals surface area contributed by atoms with Crippen LogP contribution in [0.15, 0.2) is 36.4 Å². The topological polar surface area (TPSA) is 105 Å². The Labute approximate surface area is 215 Å². The van der Waals surface area contributed by atoms with E-state index >= 15 is 0 Å². The van der Waals surface area contributed by atoms with Gasteiger partial charge >= 0.3 is 11.7 Å². The number of nitrogens with two attached hydrogens (primary N) is 1. The van der Waals surface area contributed by atoms with Crippen molar-refractivity contribution < 1.29 is 19.2 Å². The molecular weight excluding hydrogens is 456 g/mol. The van der Waals surface area contributed by atoms with Crippen molar-refractivity contribution in [2.45, 2.75) is 97.5 Å². The monoisotopic (exact) mass is 498 g/mol. The summed E-state index contributed by atoms with van der Waals surface area (Å²) in [4.78, 5) is 23.7. The lowest BCUT2D eigenvalue weighted by Gasteiger charge is -2.16.